The molecule has 9 heavy (non-hydrogen) atoms. The van der Waals surface area contributed by atoms with Crippen molar-refractivity contribution in [3.05, 3.63) is 12.2 Å². The lowest BCUT2D eigenvalue weighted by molar-refractivity contribution is -0.0585. The molecule has 2 heteroatoms. The van der Waals surface area contributed by atoms with Crippen LogP contribution in [0.4, 0.5) is 0 Å². The highest BCUT2D eigenvalue weighted by molar-refractivity contribution is 4.95. The van der Waals surface area contributed by atoms with Crippen molar-refractivity contribution in [3.63, 3.8) is 0 Å². The van der Waals surface area contributed by atoms with Crippen LogP contribution in [-0.2, 0) is 4.74 Å². The van der Waals surface area contributed by atoms with E-state index in [1.165, 1.54) is 0 Å². The van der Waals surface area contributed by atoms with Gasteiger partial charge in [0.2, 0.25) is 0 Å². The summed E-state index contributed by atoms with van der Waals surface area (Å²) in [6.45, 7) is 2.66. The first kappa shape index (κ1) is 6.78. The third-order valence-electron chi connectivity index (χ3n) is 1.58. The molecule has 1 heterocycles. The first-order valence-electron chi connectivity index (χ1n) is 3.17. The van der Waals surface area contributed by atoms with E-state index < -0.39 is 0 Å². The van der Waals surface area contributed by atoms with Crippen molar-refractivity contribution in [1.82, 2.24) is 0 Å². The summed E-state index contributed by atoms with van der Waals surface area (Å²) in [6, 6.07) is 0. The Morgan fingerprint density at radius 3 is 2.78 bits per heavy atom. The second-order valence-corrected chi connectivity index (χ2v) is 2.59. The summed E-state index contributed by atoms with van der Waals surface area (Å²) in [5, 5.41) is 8.79. The predicted octanol–water partition coefficient (Wildman–Crippen LogP) is 0.714. The number of rotatable bonds is 1. The minimum absolute atomic E-state index is 0.108. The van der Waals surface area contributed by atoms with E-state index in [0.717, 1.165) is 6.42 Å². The zero-order valence-corrected chi connectivity index (χ0v) is 5.63. The van der Waals surface area contributed by atoms with Crippen LogP contribution >= 0.6 is 0 Å². The minimum atomic E-state index is -0.311. The van der Waals surface area contributed by atoms with E-state index in [1.54, 1.807) is 0 Å². The Balaban J connectivity index is 2.50. The van der Waals surface area contributed by atoms with Crippen molar-refractivity contribution in [3.8, 4) is 0 Å². The molecule has 2 nitrogen and oxygen atoms in total. The van der Waals surface area contributed by atoms with Gasteiger partial charge in [-0.15, -0.1) is 0 Å². The lowest BCUT2D eigenvalue weighted by Gasteiger charge is -2.28. The van der Waals surface area contributed by atoms with Gasteiger partial charge in [0.05, 0.1) is 18.8 Å². The second kappa shape index (κ2) is 2.50. The fourth-order valence-corrected chi connectivity index (χ4v) is 0.819. The van der Waals surface area contributed by atoms with Gasteiger partial charge < -0.3 is 9.84 Å². The van der Waals surface area contributed by atoms with Gasteiger partial charge in [0, 0.05) is 0 Å². The van der Waals surface area contributed by atoms with Crippen LogP contribution in [0, 0.1) is 0 Å². The summed E-state index contributed by atoms with van der Waals surface area (Å²) in [4.78, 5) is 0. The molecule has 0 aromatic heterocycles. The molecule has 1 aliphatic heterocycles. The second-order valence-electron chi connectivity index (χ2n) is 2.59. The van der Waals surface area contributed by atoms with Gasteiger partial charge in [-0.05, 0) is 13.3 Å². The average Bonchev–Trinajstić information content (AvgIpc) is 1.90. The molecule has 0 bridgehead atoms. The highest BCUT2D eigenvalue weighted by atomic mass is 16.5. The summed E-state index contributed by atoms with van der Waals surface area (Å²) in [5.41, 5.74) is -0.311. The summed E-state index contributed by atoms with van der Waals surface area (Å²) in [5.74, 6) is 0. The van der Waals surface area contributed by atoms with Gasteiger partial charge in [0.15, 0.2) is 0 Å². The van der Waals surface area contributed by atoms with Gasteiger partial charge in [-0.1, -0.05) is 12.2 Å². The van der Waals surface area contributed by atoms with E-state index in [0.29, 0.717) is 6.61 Å². The molecule has 0 aliphatic carbocycles. The number of aliphatic hydroxyl groups excluding tert-OH is 1. The average molecular weight is 128 g/mol. The Morgan fingerprint density at radius 1 is 1.67 bits per heavy atom. The smallest absolute Gasteiger partial charge is 0.0922 e. The fourth-order valence-electron chi connectivity index (χ4n) is 0.819. The van der Waals surface area contributed by atoms with Gasteiger partial charge in [-0.2, -0.15) is 0 Å². The highest BCUT2D eigenvalue weighted by Gasteiger charge is 2.23. The SMILES string of the molecule is CC1(CO)CC=CCO1. The maximum absolute atomic E-state index is 8.79. The Kier molecular flexibility index (Phi) is 1.88. The molecule has 1 atom stereocenters. The quantitative estimate of drug-likeness (QED) is 0.527. The molecule has 1 N–H and O–H groups in total. The zero-order valence-electron chi connectivity index (χ0n) is 5.63. The number of aliphatic hydroxyl groups is 1. The summed E-state index contributed by atoms with van der Waals surface area (Å²) in [7, 11) is 0. The number of ether oxygens (including phenoxy) is 1. The number of hydrogen-bond acceptors (Lipinski definition) is 2. The van der Waals surface area contributed by atoms with Crippen LogP contribution in [0.1, 0.15) is 13.3 Å². The van der Waals surface area contributed by atoms with Crippen molar-refractivity contribution in [1.29, 1.82) is 0 Å². The topological polar surface area (TPSA) is 29.5 Å². The van der Waals surface area contributed by atoms with Crippen LogP contribution < -0.4 is 0 Å². The van der Waals surface area contributed by atoms with E-state index >= 15 is 0 Å². The lowest BCUT2D eigenvalue weighted by Crippen LogP contribution is -2.34. The molecule has 1 unspecified atom stereocenters. The first-order valence-corrected chi connectivity index (χ1v) is 3.17. The molecular formula is C7H12O2. The van der Waals surface area contributed by atoms with Crippen molar-refractivity contribution >= 4 is 0 Å². The molecule has 0 aromatic rings. The molecule has 1 rings (SSSR count). The molecular weight excluding hydrogens is 116 g/mol. The van der Waals surface area contributed by atoms with E-state index in [4.69, 9.17) is 9.84 Å². The predicted molar refractivity (Wildman–Crippen MR) is 35.2 cm³/mol. The summed E-state index contributed by atoms with van der Waals surface area (Å²) in [6.07, 6.45) is 4.83. The highest BCUT2D eigenvalue weighted by Crippen LogP contribution is 2.18. The third kappa shape index (κ3) is 1.53. The van der Waals surface area contributed by atoms with Gasteiger partial charge >= 0.3 is 0 Å². The molecule has 0 radical (unpaired) electrons. The summed E-state index contributed by atoms with van der Waals surface area (Å²) < 4.78 is 5.28. The molecule has 0 fully saturated rings. The maximum atomic E-state index is 8.79. The molecule has 52 valence electrons. The monoisotopic (exact) mass is 128 g/mol. The van der Waals surface area contributed by atoms with Gasteiger partial charge in [-0.3, -0.25) is 0 Å². The van der Waals surface area contributed by atoms with Crippen molar-refractivity contribution in [2.45, 2.75) is 18.9 Å². The Morgan fingerprint density at radius 2 is 2.44 bits per heavy atom. The van der Waals surface area contributed by atoms with Crippen LogP contribution in [-0.4, -0.2) is 23.9 Å². The van der Waals surface area contributed by atoms with Crippen LogP contribution in [0.25, 0.3) is 0 Å². The maximum Gasteiger partial charge on any atom is 0.0922 e. The van der Waals surface area contributed by atoms with Crippen LogP contribution in [0.15, 0.2) is 12.2 Å². The molecule has 0 amide bonds. The van der Waals surface area contributed by atoms with Crippen molar-refractivity contribution in [2.24, 2.45) is 0 Å². The van der Waals surface area contributed by atoms with Gasteiger partial charge in [-0.25, -0.2) is 0 Å². The van der Waals surface area contributed by atoms with Gasteiger partial charge in [0.25, 0.3) is 0 Å². The third-order valence-corrected chi connectivity index (χ3v) is 1.58. The van der Waals surface area contributed by atoms with E-state index in [1.807, 2.05) is 19.1 Å². The fraction of sp³-hybridized carbons (Fsp3) is 0.714. The summed E-state index contributed by atoms with van der Waals surface area (Å²) >= 11 is 0. The molecule has 1 aliphatic rings. The van der Waals surface area contributed by atoms with Crippen LogP contribution in [0.5, 0.6) is 0 Å². The normalized spacial score (nSPS) is 34.9. The first-order chi connectivity index (χ1) is 4.27. The lowest BCUT2D eigenvalue weighted by atomic mass is 10.0. The largest absolute Gasteiger partial charge is 0.393 e. The Hall–Kier alpha value is -0.340. The standard InChI is InChI=1S/C7H12O2/c1-7(6-8)4-2-3-5-9-7/h2-3,8H,4-6H2,1H3. The zero-order chi connectivity index (χ0) is 6.74. The van der Waals surface area contributed by atoms with Crippen LogP contribution in [0.3, 0.4) is 0 Å². The van der Waals surface area contributed by atoms with E-state index in [9.17, 15) is 0 Å². The molecule has 0 saturated carbocycles. The van der Waals surface area contributed by atoms with Crippen molar-refractivity contribution < 1.29 is 9.84 Å². The molecule has 0 aromatic carbocycles. The molecule has 0 spiro atoms. The van der Waals surface area contributed by atoms with E-state index in [-0.39, 0.29) is 12.2 Å². The van der Waals surface area contributed by atoms with E-state index in [2.05, 4.69) is 0 Å². The number of hydrogen-bond donors (Lipinski definition) is 1. The Labute approximate surface area is 55.1 Å². The van der Waals surface area contributed by atoms with Crippen molar-refractivity contribution in [2.75, 3.05) is 13.2 Å². The Bertz CT molecular complexity index is 120. The molecule has 0 saturated heterocycles. The van der Waals surface area contributed by atoms with Crippen LogP contribution in [0.2, 0.25) is 0 Å². The van der Waals surface area contributed by atoms with Gasteiger partial charge in [0.1, 0.15) is 0 Å². The minimum Gasteiger partial charge on any atom is -0.393 e.